The average Bonchev–Trinajstić information content (AvgIpc) is 2.45. The van der Waals surface area contributed by atoms with Crippen LogP contribution in [0.25, 0.3) is 0 Å². The molecule has 3 N–H and O–H groups in total. The van der Waals surface area contributed by atoms with Crippen LogP contribution in [0.1, 0.15) is 15.9 Å². The smallest absolute Gasteiger partial charge is 0.255 e. The summed E-state index contributed by atoms with van der Waals surface area (Å²) in [5, 5.41) is 11.3. The van der Waals surface area contributed by atoms with Crippen LogP contribution in [0, 0.1) is 11.8 Å². The van der Waals surface area contributed by atoms with Crippen molar-refractivity contribution < 1.29 is 9.90 Å². The lowest BCUT2D eigenvalue weighted by Gasteiger charge is -2.05. The minimum Gasteiger partial charge on any atom is -0.384 e. The van der Waals surface area contributed by atoms with Gasteiger partial charge in [0.25, 0.3) is 5.91 Å². The number of H-pyrrole nitrogens is 1. The molecule has 0 aliphatic heterocycles. The molecule has 1 heterocycles. The molecule has 0 unspecified atom stereocenters. The molecule has 1 aromatic heterocycles. The first-order valence-corrected chi connectivity index (χ1v) is 5.89. The highest BCUT2D eigenvalue weighted by atomic mass is 16.2. The lowest BCUT2D eigenvalue weighted by Crippen LogP contribution is -2.15. The Kier molecular flexibility index (Phi) is 4.32. The third kappa shape index (κ3) is 3.57. The summed E-state index contributed by atoms with van der Waals surface area (Å²) in [4.78, 5) is 25.5. The number of aliphatic hydroxyl groups is 1. The highest BCUT2D eigenvalue weighted by Crippen LogP contribution is 2.11. The van der Waals surface area contributed by atoms with Crippen LogP contribution in [0.4, 0.5) is 5.69 Å². The number of carbonyl (C=O) groups is 1. The molecule has 0 spiro atoms. The first-order chi connectivity index (χ1) is 9.69. The quantitative estimate of drug-likeness (QED) is 0.710. The zero-order chi connectivity index (χ0) is 14.4. The van der Waals surface area contributed by atoms with Crippen molar-refractivity contribution in [2.45, 2.75) is 0 Å². The van der Waals surface area contributed by atoms with Crippen molar-refractivity contribution >= 4 is 11.6 Å². The number of amides is 1. The van der Waals surface area contributed by atoms with Gasteiger partial charge in [0.1, 0.15) is 6.61 Å². The molecule has 0 saturated carbocycles. The number of pyridine rings is 1. The van der Waals surface area contributed by atoms with E-state index >= 15 is 0 Å². The van der Waals surface area contributed by atoms with E-state index in [0.29, 0.717) is 11.3 Å². The van der Waals surface area contributed by atoms with Crippen LogP contribution in [0.5, 0.6) is 0 Å². The van der Waals surface area contributed by atoms with Crippen LogP contribution in [-0.2, 0) is 0 Å². The second-order valence-corrected chi connectivity index (χ2v) is 3.94. The zero-order valence-corrected chi connectivity index (χ0v) is 10.5. The Morgan fingerprint density at radius 1 is 1.30 bits per heavy atom. The SMILES string of the molecule is O=C(Nc1cccc(C#CCO)c1)c1cc[nH]c(=O)c1. The molecular weight excluding hydrogens is 256 g/mol. The van der Waals surface area contributed by atoms with Gasteiger partial charge < -0.3 is 15.4 Å². The van der Waals surface area contributed by atoms with Gasteiger partial charge in [-0.2, -0.15) is 0 Å². The molecule has 0 fully saturated rings. The fraction of sp³-hybridized carbons (Fsp3) is 0.0667. The van der Waals surface area contributed by atoms with E-state index in [9.17, 15) is 9.59 Å². The monoisotopic (exact) mass is 268 g/mol. The second-order valence-electron chi connectivity index (χ2n) is 3.94. The number of hydrogen-bond acceptors (Lipinski definition) is 3. The Morgan fingerprint density at radius 2 is 2.15 bits per heavy atom. The zero-order valence-electron chi connectivity index (χ0n) is 10.5. The van der Waals surface area contributed by atoms with Gasteiger partial charge in [-0.3, -0.25) is 9.59 Å². The van der Waals surface area contributed by atoms with Crippen LogP contribution >= 0.6 is 0 Å². The Balaban J connectivity index is 2.17. The molecule has 1 aromatic carbocycles. The highest BCUT2D eigenvalue weighted by molar-refractivity contribution is 6.04. The first kappa shape index (κ1) is 13.6. The Morgan fingerprint density at radius 3 is 2.90 bits per heavy atom. The molecule has 0 radical (unpaired) electrons. The number of benzene rings is 1. The van der Waals surface area contributed by atoms with Crippen LogP contribution in [-0.4, -0.2) is 22.6 Å². The van der Waals surface area contributed by atoms with Crippen molar-refractivity contribution in [1.29, 1.82) is 0 Å². The van der Waals surface area contributed by atoms with E-state index in [-0.39, 0.29) is 23.6 Å². The molecule has 0 bridgehead atoms. The molecule has 0 saturated heterocycles. The van der Waals surface area contributed by atoms with Gasteiger partial charge in [-0.1, -0.05) is 17.9 Å². The van der Waals surface area contributed by atoms with Crippen molar-refractivity contribution in [2.75, 3.05) is 11.9 Å². The van der Waals surface area contributed by atoms with Crippen LogP contribution < -0.4 is 10.9 Å². The Hall–Kier alpha value is -2.84. The van der Waals surface area contributed by atoms with Gasteiger partial charge in [0, 0.05) is 29.1 Å². The Labute approximate surface area is 115 Å². The van der Waals surface area contributed by atoms with Gasteiger partial charge in [-0.25, -0.2) is 0 Å². The maximum Gasteiger partial charge on any atom is 0.255 e. The highest BCUT2D eigenvalue weighted by Gasteiger charge is 2.06. The van der Waals surface area contributed by atoms with E-state index in [1.54, 1.807) is 24.3 Å². The fourth-order valence-corrected chi connectivity index (χ4v) is 1.61. The van der Waals surface area contributed by atoms with E-state index in [4.69, 9.17) is 5.11 Å². The number of nitrogens with one attached hydrogen (secondary N) is 2. The summed E-state index contributed by atoms with van der Waals surface area (Å²) in [6.45, 7) is -0.219. The number of anilines is 1. The minimum absolute atomic E-state index is 0.219. The number of aromatic amines is 1. The summed E-state index contributed by atoms with van der Waals surface area (Å²) < 4.78 is 0. The van der Waals surface area contributed by atoms with E-state index in [2.05, 4.69) is 22.1 Å². The largest absolute Gasteiger partial charge is 0.384 e. The van der Waals surface area contributed by atoms with Crippen molar-refractivity contribution in [1.82, 2.24) is 4.98 Å². The normalized spacial score (nSPS) is 9.45. The molecule has 2 aromatic rings. The molecule has 1 amide bonds. The van der Waals surface area contributed by atoms with E-state index in [1.807, 2.05) is 0 Å². The molecule has 0 atom stereocenters. The number of rotatable bonds is 2. The predicted molar refractivity (Wildman–Crippen MR) is 75.4 cm³/mol. The molecule has 100 valence electrons. The van der Waals surface area contributed by atoms with Gasteiger partial charge in [0.2, 0.25) is 5.56 Å². The van der Waals surface area contributed by atoms with Crippen molar-refractivity contribution in [3.05, 3.63) is 64.1 Å². The van der Waals surface area contributed by atoms with E-state index < -0.39 is 0 Å². The third-order valence-electron chi connectivity index (χ3n) is 2.47. The summed E-state index contributed by atoms with van der Waals surface area (Å²) in [6, 6.07) is 9.67. The molecule has 20 heavy (non-hydrogen) atoms. The Bertz CT molecular complexity index is 738. The minimum atomic E-state index is -0.372. The summed E-state index contributed by atoms with van der Waals surface area (Å²) in [5.74, 6) is 4.91. The summed E-state index contributed by atoms with van der Waals surface area (Å²) in [7, 11) is 0. The maximum atomic E-state index is 12.0. The van der Waals surface area contributed by atoms with E-state index in [1.165, 1.54) is 18.3 Å². The summed E-state index contributed by atoms with van der Waals surface area (Å²) in [6.07, 6.45) is 1.42. The predicted octanol–water partition coefficient (Wildman–Crippen LogP) is 0.971. The first-order valence-electron chi connectivity index (χ1n) is 5.89. The summed E-state index contributed by atoms with van der Waals surface area (Å²) >= 11 is 0. The van der Waals surface area contributed by atoms with Crippen LogP contribution in [0.15, 0.2) is 47.4 Å². The third-order valence-corrected chi connectivity index (χ3v) is 2.47. The van der Waals surface area contributed by atoms with Crippen LogP contribution in [0.3, 0.4) is 0 Å². The number of aliphatic hydroxyl groups excluding tert-OH is 1. The molecule has 0 aliphatic rings. The van der Waals surface area contributed by atoms with Gasteiger partial charge in [-0.15, -0.1) is 0 Å². The van der Waals surface area contributed by atoms with Crippen molar-refractivity contribution in [3.8, 4) is 11.8 Å². The second kappa shape index (κ2) is 6.36. The molecule has 0 aliphatic carbocycles. The lowest BCUT2D eigenvalue weighted by atomic mass is 10.2. The fourth-order valence-electron chi connectivity index (χ4n) is 1.61. The van der Waals surface area contributed by atoms with Gasteiger partial charge >= 0.3 is 0 Å². The lowest BCUT2D eigenvalue weighted by molar-refractivity contribution is 0.102. The van der Waals surface area contributed by atoms with Gasteiger partial charge in [-0.05, 0) is 24.3 Å². The molecule has 5 nitrogen and oxygen atoms in total. The molecule has 5 heteroatoms. The van der Waals surface area contributed by atoms with Crippen LogP contribution in [0.2, 0.25) is 0 Å². The molecular formula is C15H12N2O3. The topological polar surface area (TPSA) is 82.2 Å². The van der Waals surface area contributed by atoms with Gasteiger partial charge in [0.05, 0.1) is 0 Å². The van der Waals surface area contributed by atoms with Gasteiger partial charge in [0.15, 0.2) is 0 Å². The maximum absolute atomic E-state index is 12.0. The standard InChI is InChI=1S/C15H12N2O3/c18-8-2-4-11-3-1-5-13(9-11)17-15(20)12-6-7-16-14(19)10-12/h1,3,5-7,9-10,18H,8H2,(H,16,19)(H,17,20). The summed E-state index contributed by atoms with van der Waals surface area (Å²) in [5.41, 5.74) is 1.20. The number of hydrogen-bond donors (Lipinski definition) is 3. The van der Waals surface area contributed by atoms with Crippen molar-refractivity contribution in [3.63, 3.8) is 0 Å². The number of aromatic nitrogens is 1. The molecule has 2 rings (SSSR count). The average molecular weight is 268 g/mol. The van der Waals surface area contributed by atoms with E-state index in [0.717, 1.165) is 0 Å². The van der Waals surface area contributed by atoms with Crippen molar-refractivity contribution in [2.24, 2.45) is 0 Å². The number of carbonyl (C=O) groups excluding carboxylic acids is 1.